The van der Waals surface area contributed by atoms with Crippen LogP contribution in [0.5, 0.6) is 5.75 Å². The van der Waals surface area contributed by atoms with Crippen LogP contribution in [0.1, 0.15) is 19.4 Å². The van der Waals surface area contributed by atoms with Gasteiger partial charge in [-0.25, -0.2) is 0 Å². The smallest absolute Gasteiger partial charge is 0.122 e. The van der Waals surface area contributed by atoms with Crippen molar-refractivity contribution in [2.24, 2.45) is 0 Å². The van der Waals surface area contributed by atoms with Crippen LogP contribution in [0.2, 0.25) is 0 Å². The summed E-state index contributed by atoms with van der Waals surface area (Å²) in [4.78, 5) is 0. The van der Waals surface area contributed by atoms with E-state index in [2.05, 4.69) is 23.2 Å². The zero-order valence-corrected chi connectivity index (χ0v) is 9.66. The van der Waals surface area contributed by atoms with E-state index in [0.29, 0.717) is 6.61 Å². The van der Waals surface area contributed by atoms with Gasteiger partial charge in [-0.1, -0.05) is 6.92 Å². The third kappa shape index (κ3) is 2.08. The Labute approximate surface area is 95.5 Å². The van der Waals surface area contributed by atoms with E-state index >= 15 is 0 Å². The lowest BCUT2D eigenvalue weighted by Crippen LogP contribution is -1.96. The number of aromatic nitrogens is 2. The first kappa shape index (κ1) is 10.7. The fourth-order valence-electron chi connectivity index (χ4n) is 1.73. The van der Waals surface area contributed by atoms with Gasteiger partial charge >= 0.3 is 0 Å². The highest BCUT2D eigenvalue weighted by Gasteiger charge is 2.05. The van der Waals surface area contributed by atoms with E-state index in [4.69, 9.17) is 4.74 Å². The Bertz CT molecular complexity index is 449. The summed E-state index contributed by atoms with van der Waals surface area (Å²) in [6, 6.07) is 8.17. The second-order valence-corrected chi connectivity index (χ2v) is 3.57. The van der Waals surface area contributed by atoms with Crippen LogP contribution in [-0.4, -0.2) is 16.8 Å². The van der Waals surface area contributed by atoms with Gasteiger partial charge in [-0.3, -0.25) is 5.10 Å². The Hall–Kier alpha value is -1.77. The second kappa shape index (κ2) is 4.84. The first-order valence-corrected chi connectivity index (χ1v) is 5.61. The van der Waals surface area contributed by atoms with E-state index in [-0.39, 0.29) is 0 Å². The van der Waals surface area contributed by atoms with Crippen LogP contribution >= 0.6 is 0 Å². The van der Waals surface area contributed by atoms with E-state index in [1.165, 1.54) is 5.56 Å². The fraction of sp³-hybridized carbons (Fsp3) is 0.308. The lowest BCUT2D eigenvalue weighted by Gasteiger charge is -2.09. The predicted octanol–water partition coefficient (Wildman–Crippen LogP) is 3.04. The topological polar surface area (TPSA) is 37.9 Å². The largest absolute Gasteiger partial charge is 0.494 e. The Morgan fingerprint density at radius 2 is 2.12 bits per heavy atom. The average molecular weight is 216 g/mol. The SMILES string of the molecule is CCOc1ccc(-c2cc[nH]n2)cc1CC. The van der Waals surface area contributed by atoms with Crippen LogP contribution < -0.4 is 4.74 Å². The van der Waals surface area contributed by atoms with Crippen molar-refractivity contribution in [3.63, 3.8) is 0 Å². The van der Waals surface area contributed by atoms with Gasteiger partial charge in [-0.2, -0.15) is 5.10 Å². The van der Waals surface area contributed by atoms with E-state index in [9.17, 15) is 0 Å². The maximum Gasteiger partial charge on any atom is 0.122 e. The molecule has 0 bridgehead atoms. The number of nitrogens with one attached hydrogen (secondary N) is 1. The van der Waals surface area contributed by atoms with Gasteiger partial charge in [0.25, 0.3) is 0 Å². The first-order valence-electron chi connectivity index (χ1n) is 5.61. The summed E-state index contributed by atoms with van der Waals surface area (Å²) < 4.78 is 5.57. The lowest BCUT2D eigenvalue weighted by atomic mass is 10.1. The molecule has 0 spiro atoms. The van der Waals surface area contributed by atoms with E-state index in [0.717, 1.165) is 23.4 Å². The van der Waals surface area contributed by atoms with Crippen molar-refractivity contribution in [3.8, 4) is 17.0 Å². The molecule has 0 aliphatic heterocycles. The van der Waals surface area contributed by atoms with Gasteiger partial charge < -0.3 is 4.74 Å². The highest BCUT2D eigenvalue weighted by molar-refractivity contribution is 5.61. The summed E-state index contributed by atoms with van der Waals surface area (Å²) >= 11 is 0. The molecule has 2 aromatic rings. The molecule has 1 aromatic carbocycles. The molecule has 0 aliphatic carbocycles. The molecule has 0 saturated heterocycles. The van der Waals surface area contributed by atoms with Gasteiger partial charge in [0.1, 0.15) is 5.75 Å². The van der Waals surface area contributed by atoms with Crippen molar-refractivity contribution in [2.45, 2.75) is 20.3 Å². The molecule has 0 fully saturated rings. The number of H-pyrrole nitrogens is 1. The zero-order chi connectivity index (χ0) is 11.4. The molecule has 84 valence electrons. The molecule has 1 N–H and O–H groups in total. The third-order valence-corrected chi connectivity index (χ3v) is 2.54. The predicted molar refractivity (Wildman–Crippen MR) is 64.6 cm³/mol. The standard InChI is InChI=1S/C13H16N2O/c1-3-10-9-11(12-7-8-14-15-12)5-6-13(10)16-4-2/h5-9H,3-4H2,1-2H3,(H,14,15). The number of benzene rings is 1. The third-order valence-electron chi connectivity index (χ3n) is 2.54. The molecule has 0 atom stereocenters. The molecule has 16 heavy (non-hydrogen) atoms. The molecule has 0 aliphatic rings. The average Bonchev–Trinajstić information content (AvgIpc) is 2.83. The first-order chi connectivity index (χ1) is 7.85. The van der Waals surface area contributed by atoms with Crippen molar-refractivity contribution in [1.82, 2.24) is 10.2 Å². The second-order valence-electron chi connectivity index (χ2n) is 3.57. The summed E-state index contributed by atoms with van der Waals surface area (Å²) in [5.74, 6) is 0.976. The van der Waals surface area contributed by atoms with Crippen LogP contribution in [0.4, 0.5) is 0 Å². The minimum atomic E-state index is 0.703. The van der Waals surface area contributed by atoms with Crippen LogP contribution in [0.15, 0.2) is 30.5 Å². The molecule has 3 heteroatoms. The van der Waals surface area contributed by atoms with E-state index < -0.39 is 0 Å². The molecule has 0 radical (unpaired) electrons. The highest BCUT2D eigenvalue weighted by Crippen LogP contribution is 2.25. The van der Waals surface area contributed by atoms with Crippen LogP contribution in [0.3, 0.4) is 0 Å². The van der Waals surface area contributed by atoms with Crippen molar-refractivity contribution in [1.29, 1.82) is 0 Å². The summed E-state index contributed by atoms with van der Waals surface area (Å²) in [7, 11) is 0. The number of aromatic amines is 1. The van der Waals surface area contributed by atoms with Crippen molar-refractivity contribution in [2.75, 3.05) is 6.61 Å². The molecule has 0 unspecified atom stereocenters. The number of aryl methyl sites for hydroxylation is 1. The van der Waals surface area contributed by atoms with Gasteiger partial charge in [0.2, 0.25) is 0 Å². The van der Waals surface area contributed by atoms with Gasteiger partial charge in [0.05, 0.1) is 12.3 Å². The van der Waals surface area contributed by atoms with Crippen molar-refractivity contribution < 1.29 is 4.74 Å². The Morgan fingerprint density at radius 3 is 2.75 bits per heavy atom. The monoisotopic (exact) mass is 216 g/mol. The number of hydrogen-bond donors (Lipinski definition) is 1. The molecule has 3 nitrogen and oxygen atoms in total. The molecular weight excluding hydrogens is 200 g/mol. The number of ether oxygens (including phenoxy) is 1. The number of hydrogen-bond acceptors (Lipinski definition) is 2. The minimum absolute atomic E-state index is 0.703. The zero-order valence-electron chi connectivity index (χ0n) is 9.66. The summed E-state index contributed by atoms with van der Waals surface area (Å²) in [5, 5.41) is 7.00. The van der Waals surface area contributed by atoms with Crippen LogP contribution in [-0.2, 0) is 6.42 Å². The van der Waals surface area contributed by atoms with Crippen molar-refractivity contribution in [3.05, 3.63) is 36.0 Å². The van der Waals surface area contributed by atoms with Crippen molar-refractivity contribution >= 4 is 0 Å². The maximum absolute atomic E-state index is 5.57. The summed E-state index contributed by atoms with van der Waals surface area (Å²) in [6.45, 7) is 4.84. The Balaban J connectivity index is 2.36. The summed E-state index contributed by atoms with van der Waals surface area (Å²) in [5.41, 5.74) is 3.32. The van der Waals surface area contributed by atoms with E-state index in [1.54, 1.807) is 0 Å². The molecule has 0 amide bonds. The van der Waals surface area contributed by atoms with Gasteiger partial charge in [-0.05, 0) is 43.2 Å². The maximum atomic E-state index is 5.57. The molecular formula is C13H16N2O. The van der Waals surface area contributed by atoms with Gasteiger partial charge in [0.15, 0.2) is 0 Å². The van der Waals surface area contributed by atoms with Crippen LogP contribution in [0, 0.1) is 0 Å². The van der Waals surface area contributed by atoms with Gasteiger partial charge in [0, 0.05) is 11.8 Å². The molecule has 0 saturated carbocycles. The fourth-order valence-corrected chi connectivity index (χ4v) is 1.73. The summed E-state index contributed by atoms with van der Waals surface area (Å²) in [6.07, 6.45) is 2.80. The quantitative estimate of drug-likeness (QED) is 0.853. The molecule has 1 heterocycles. The number of nitrogens with zero attached hydrogens (tertiary/aromatic N) is 1. The number of rotatable bonds is 4. The molecule has 1 aromatic heterocycles. The Kier molecular flexibility index (Phi) is 3.25. The molecule has 2 rings (SSSR count). The van der Waals surface area contributed by atoms with E-state index in [1.807, 2.05) is 31.3 Å². The Morgan fingerprint density at radius 1 is 1.25 bits per heavy atom. The lowest BCUT2D eigenvalue weighted by molar-refractivity contribution is 0.337. The normalized spacial score (nSPS) is 10.4. The van der Waals surface area contributed by atoms with Gasteiger partial charge in [-0.15, -0.1) is 0 Å². The minimum Gasteiger partial charge on any atom is -0.494 e. The highest BCUT2D eigenvalue weighted by atomic mass is 16.5. The van der Waals surface area contributed by atoms with Crippen LogP contribution in [0.25, 0.3) is 11.3 Å².